The lowest BCUT2D eigenvalue weighted by Crippen LogP contribution is -2.14. The van der Waals surface area contributed by atoms with Gasteiger partial charge < -0.3 is 10.4 Å². The molecule has 0 radical (unpaired) electrons. The van der Waals surface area contributed by atoms with Gasteiger partial charge in [-0.25, -0.2) is 0 Å². The molecular formula is C16H21NO2. The highest BCUT2D eigenvalue weighted by Crippen LogP contribution is 2.17. The van der Waals surface area contributed by atoms with Crippen molar-refractivity contribution in [3.63, 3.8) is 0 Å². The highest BCUT2D eigenvalue weighted by atomic mass is 16.2. The number of aliphatic hydroxyl groups excluding tert-OH is 1. The molecule has 1 aromatic carbocycles. The fourth-order valence-corrected chi connectivity index (χ4v) is 1.67. The third-order valence-corrected chi connectivity index (χ3v) is 2.56. The molecular weight excluding hydrogens is 238 g/mol. The fourth-order valence-electron chi connectivity index (χ4n) is 1.67. The molecule has 0 bridgehead atoms. The van der Waals surface area contributed by atoms with Crippen LogP contribution in [-0.2, 0) is 4.79 Å². The summed E-state index contributed by atoms with van der Waals surface area (Å²) in [6, 6.07) is 5.69. The predicted molar refractivity (Wildman–Crippen MR) is 77.8 cm³/mol. The maximum absolute atomic E-state index is 11.7. The molecule has 0 unspecified atom stereocenters. The Balaban J connectivity index is 2.73. The zero-order valence-corrected chi connectivity index (χ0v) is 11.8. The van der Waals surface area contributed by atoms with Crippen molar-refractivity contribution in [1.82, 2.24) is 0 Å². The van der Waals surface area contributed by atoms with Crippen LogP contribution in [0, 0.1) is 24.7 Å². The van der Waals surface area contributed by atoms with Crippen molar-refractivity contribution >= 4 is 11.6 Å². The largest absolute Gasteiger partial charge is 0.395 e. The first-order chi connectivity index (χ1) is 9.02. The second-order valence-electron chi connectivity index (χ2n) is 4.95. The van der Waals surface area contributed by atoms with Crippen molar-refractivity contribution in [3.05, 3.63) is 29.3 Å². The summed E-state index contributed by atoms with van der Waals surface area (Å²) in [7, 11) is 0. The number of anilines is 1. The van der Waals surface area contributed by atoms with Gasteiger partial charge in [-0.15, -0.1) is 0 Å². The van der Waals surface area contributed by atoms with Gasteiger partial charge in [0.15, 0.2) is 0 Å². The van der Waals surface area contributed by atoms with Gasteiger partial charge in [0, 0.05) is 24.1 Å². The van der Waals surface area contributed by atoms with E-state index in [1.54, 1.807) is 0 Å². The van der Waals surface area contributed by atoms with Gasteiger partial charge in [-0.05, 0) is 36.6 Å². The number of carbonyl (C=O) groups is 1. The van der Waals surface area contributed by atoms with Crippen LogP contribution in [0.25, 0.3) is 0 Å². The first kappa shape index (κ1) is 15.3. The van der Waals surface area contributed by atoms with Crippen LogP contribution < -0.4 is 5.32 Å². The second-order valence-corrected chi connectivity index (χ2v) is 4.95. The lowest BCUT2D eigenvalue weighted by molar-refractivity contribution is -0.116. The van der Waals surface area contributed by atoms with Crippen LogP contribution in [0.2, 0.25) is 0 Å². The molecule has 102 valence electrons. The van der Waals surface area contributed by atoms with E-state index < -0.39 is 0 Å². The summed E-state index contributed by atoms with van der Waals surface area (Å²) in [4.78, 5) is 11.7. The number of amides is 1. The molecule has 0 heterocycles. The molecule has 19 heavy (non-hydrogen) atoms. The molecule has 0 spiro atoms. The van der Waals surface area contributed by atoms with Gasteiger partial charge in [0.2, 0.25) is 5.91 Å². The number of hydrogen-bond donors (Lipinski definition) is 2. The molecule has 0 aromatic heterocycles. The minimum Gasteiger partial charge on any atom is -0.395 e. The van der Waals surface area contributed by atoms with E-state index in [1.165, 1.54) is 0 Å². The minimum absolute atomic E-state index is 0.0391. The highest BCUT2D eigenvalue weighted by Gasteiger charge is 2.07. The van der Waals surface area contributed by atoms with Crippen molar-refractivity contribution in [2.45, 2.75) is 33.6 Å². The Morgan fingerprint density at radius 2 is 2.16 bits per heavy atom. The number of aliphatic hydroxyl groups is 1. The van der Waals surface area contributed by atoms with Gasteiger partial charge in [0.1, 0.15) is 0 Å². The van der Waals surface area contributed by atoms with E-state index in [0.29, 0.717) is 18.8 Å². The molecule has 3 heteroatoms. The zero-order valence-electron chi connectivity index (χ0n) is 11.8. The van der Waals surface area contributed by atoms with Crippen LogP contribution >= 0.6 is 0 Å². The van der Waals surface area contributed by atoms with Crippen molar-refractivity contribution < 1.29 is 9.90 Å². The monoisotopic (exact) mass is 259 g/mol. The van der Waals surface area contributed by atoms with Gasteiger partial charge in [0.05, 0.1) is 6.61 Å². The lowest BCUT2D eigenvalue weighted by Gasteiger charge is -2.10. The Morgan fingerprint density at radius 1 is 1.42 bits per heavy atom. The normalized spacial score (nSPS) is 9.95. The summed E-state index contributed by atoms with van der Waals surface area (Å²) in [5, 5.41) is 11.6. The standard InChI is InChI=1S/C16H21NO2/c1-12(2)10-16(19)17-15-8-7-14(11-13(15)3)6-4-5-9-18/h7-8,11-12,18H,5,9-10H2,1-3H3,(H,17,19). The SMILES string of the molecule is Cc1cc(C#CCCO)ccc1NC(=O)CC(C)C. The van der Waals surface area contributed by atoms with E-state index in [0.717, 1.165) is 16.8 Å². The molecule has 0 atom stereocenters. The number of carbonyl (C=O) groups excluding carboxylic acids is 1. The van der Waals surface area contributed by atoms with Crippen molar-refractivity contribution in [2.75, 3.05) is 11.9 Å². The topological polar surface area (TPSA) is 49.3 Å². The molecule has 0 saturated carbocycles. The van der Waals surface area contributed by atoms with E-state index in [-0.39, 0.29) is 12.5 Å². The fraction of sp³-hybridized carbons (Fsp3) is 0.438. The summed E-state index contributed by atoms with van der Waals surface area (Å²) < 4.78 is 0. The van der Waals surface area contributed by atoms with Crippen molar-refractivity contribution in [3.8, 4) is 11.8 Å². The molecule has 1 amide bonds. The number of nitrogens with one attached hydrogen (secondary N) is 1. The molecule has 0 aliphatic rings. The smallest absolute Gasteiger partial charge is 0.224 e. The second kappa shape index (κ2) is 7.60. The van der Waals surface area contributed by atoms with Crippen LogP contribution in [0.3, 0.4) is 0 Å². The quantitative estimate of drug-likeness (QED) is 0.817. The van der Waals surface area contributed by atoms with Crippen LogP contribution in [0.1, 0.15) is 37.8 Å². The maximum atomic E-state index is 11.7. The van der Waals surface area contributed by atoms with Gasteiger partial charge in [-0.2, -0.15) is 0 Å². The summed E-state index contributed by atoms with van der Waals surface area (Å²) in [5.41, 5.74) is 2.72. The number of rotatable bonds is 4. The lowest BCUT2D eigenvalue weighted by atomic mass is 10.1. The first-order valence-corrected chi connectivity index (χ1v) is 6.53. The molecule has 0 fully saturated rings. The molecule has 0 saturated heterocycles. The Kier molecular flexibility index (Phi) is 6.11. The summed E-state index contributed by atoms with van der Waals surface area (Å²) in [6.45, 7) is 6.07. The van der Waals surface area contributed by atoms with Crippen molar-refractivity contribution in [1.29, 1.82) is 0 Å². The third-order valence-electron chi connectivity index (χ3n) is 2.56. The average Bonchev–Trinajstić information content (AvgIpc) is 2.32. The van der Waals surface area contributed by atoms with E-state index in [4.69, 9.17) is 5.11 Å². The summed E-state index contributed by atoms with van der Waals surface area (Å²) in [6.07, 6.45) is 1.00. The van der Waals surface area contributed by atoms with Gasteiger partial charge in [0.25, 0.3) is 0 Å². The van der Waals surface area contributed by atoms with Crippen LogP contribution in [0.4, 0.5) is 5.69 Å². The molecule has 1 rings (SSSR count). The van der Waals surface area contributed by atoms with Crippen LogP contribution in [-0.4, -0.2) is 17.6 Å². The average molecular weight is 259 g/mol. The first-order valence-electron chi connectivity index (χ1n) is 6.53. The van der Waals surface area contributed by atoms with Gasteiger partial charge in [-0.1, -0.05) is 25.7 Å². The summed E-state index contributed by atoms with van der Waals surface area (Å²) >= 11 is 0. The highest BCUT2D eigenvalue weighted by molar-refractivity contribution is 5.91. The Morgan fingerprint density at radius 3 is 2.74 bits per heavy atom. The number of hydrogen-bond acceptors (Lipinski definition) is 2. The van der Waals surface area contributed by atoms with Crippen LogP contribution in [0.5, 0.6) is 0 Å². The van der Waals surface area contributed by atoms with Crippen molar-refractivity contribution in [2.24, 2.45) is 5.92 Å². The molecule has 2 N–H and O–H groups in total. The van der Waals surface area contributed by atoms with Crippen LogP contribution in [0.15, 0.2) is 18.2 Å². The Bertz CT molecular complexity index is 495. The number of aryl methyl sites for hydroxylation is 1. The molecule has 0 aliphatic heterocycles. The Hall–Kier alpha value is -1.79. The zero-order chi connectivity index (χ0) is 14.3. The third kappa shape index (κ3) is 5.58. The number of benzene rings is 1. The van der Waals surface area contributed by atoms with Gasteiger partial charge >= 0.3 is 0 Å². The van der Waals surface area contributed by atoms with E-state index >= 15 is 0 Å². The predicted octanol–water partition coefficient (Wildman–Crippen LogP) is 2.71. The Labute approximate surface area is 115 Å². The minimum atomic E-state index is 0.0391. The van der Waals surface area contributed by atoms with E-state index in [9.17, 15) is 4.79 Å². The summed E-state index contributed by atoms with van der Waals surface area (Å²) in [5.74, 6) is 6.24. The van der Waals surface area contributed by atoms with E-state index in [2.05, 4.69) is 17.2 Å². The van der Waals surface area contributed by atoms with Gasteiger partial charge in [-0.3, -0.25) is 4.79 Å². The molecule has 3 nitrogen and oxygen atoms in total. The molecule has 0 aliphatic carbocycles. The maximum Gasteiger partial charge on any atom is 0.224 e. The molecule has 1 aromatic rings. The van der Waals surface area contributed by atoms with E-state index in [1.807, 2.05) is 39.0 Å².